The van der Waals surface area contributed by atoms with Gasteiger partial charge in [-0.15, -0.1) is 0 Å². The van der Waals surface area contributed by atoms with E-state index in [2.05, 4.69) is 42.6 Å². The van der Waals surface area contributed by atoms with Crippen LogP contribution in [0.3, 0.4) is 0 Å². The number of aromatic nitrogens is 2. The molecule has 0 atom stereocenters. The van der Waals surface area contributed by atoms with E-state index < -0.39 is 0 Å². The number of rotatable bonds is 5. The van der Waals surface area contributed by atoms with Crippen LogP contribution in [0.15, 0.2) is 6.07 Å². The van der Waals surface area contributed by atoms with Crippen molar-refractivity contribution in [2.24, 2.45) is 5.92 Å². The maximum absolute atomic E-state index is 5.81. The van der Waals surface area contributed by atoms with Crippen molar-refractivity contribution in [2.45, 2.75) is 40.0 Å². The van der Waals surface area contributed by atoms with Crippen LogP contribution >= 0.6 is 0 Å². The molecular weight excluding hydrogens is 212 g/mol. The molecule has 1 rings (SSSR count). The Morgan fingerprint density at radius 3 is 2.41 bits per heavy atom. The molecule has 0 saturated carbocycles. The van der Waals surface area contributed by atoms with E-state index in [1.807, 2.05) is 13.1 Å². The minimum Gasteiger partial charge on any atom is -0.384 e. The first-order valence-electron chi connectivity index (χ1n) is 6.25. The monoisotopic (exact) mass is 236 g/mol. The first kappa shape index (κ1) is 13.7. The second-order valence-corrected chi connectivity index (χ2v) is 5.27. The van der Waals surface area contributed by atoms with Crippen LogP contribution in [0.1, 0.15) is 45.9 Å². The third-order valence-electron chi connectivity index (χ3n) is 2.70. The second kappa shape index (κ2) is 5.84. The predicted molar refractivity (Wildman–Crippen MR) is 73.3 cm³/mol. The van der Waals surface area contributed by atoms with Gasteiger partial charge in [0.2, 0.25) is 0 Å². The standard InChI is InChI=1S/C13H24N4/c1-9(2)6-7-17(5)12-8-11(14)15-13(16-12)10(3)4/h8-10H,6-7H2,1-5H3,(H2,14,15,16). The summed E-state index contributed by atoms with van der Waals surface area (Å²) in [7, 11) is 2.05. The lowest BCUT2D eigenvalue weighted by molar-refractivity contribution is 0.583. The molecule has 17 heavy (non-hydrogen) atoms. The van der Waals surface area contributed by atoms with Gasteiger partial charge in [-0.3, -0.25) is 0 Å². The van der Waals surface area contributed by atoms with Gasteiger partial charge < -0.3 is 10.6 Å². The Labute approximate surface area is 104 Å². The van der Waals surface area contributed by atoms with Gasteiger partial charge in [0.15, 0.2) is 0 Å². The summed E-state index contributed by atoms with van der Waals surface area (Å²) in [5.41, 5.74) is 5.81. The Balaban J connectivity index is 2.82. The fourth-order valence-corrected chi connectivity index (χ4v) is 1.49. The third-order valence-corrected chi connectivity index (χ3v) is 2.70. The molecule has 96 valence electrons. The molecule has 0 aliphatic carbocycles. The third kappa shape index (κ3) is 4.21. The van der Waals surface area contributed by atoms with Gasteiger partial charge in [0.05, 0.1) is 0 Å². The van der Waals surface area contributed by atoms with E-state index in [1.165, 1.54) is 0 Å². The highest BCUT2D eigenvalue weighted by atomic mass is 15.2. The Bertz CT molecular complexity index is 360. The predicted octanol–water partition coefficient (Wildman–Crippen LogP) is 2.66. The molecule has 0 fully saturated rings. The van der Waals surface area contributed by atoms with Crippen molar-refractivity contribution in [1.29, 1.82) is 0 Å². The molecule has 0 bridgehead atoms. The van der Waals surface area contributed by atoms with Crippen molar-refractivity contribution in [3.63, 3.8) is 0 Å². The van der Waals surface area contributed by atoms with E-state index in [-0.39, 0.29) is 0 Å². The molecule has 2 N–H and O–H groups in total. The van der Waals surface area contributed by atoms with Crippen LogP contribution in [-0.2, 0) is 0 Å². The van der Waals surface area contributed by atoms with Crippen molar-refractivity contribution in [2.75, 3.05) is 24.2 Å². The molecule has 4 heteroatoms. The number of hydrogen-bond donors (Lipinski definition) is 1. The first-order chi connectivity index (χ1) is 7.90. The van der Waals surface area contributed by atoms with E-state index in [0.29, 0.717) is 17.7 Å². The highest BCUT2D eigenvalue weighted by Crippen LogP contribution is 2.18. The molecule has 0 aliphatic rings. The van der Waals surface area contributed by atoms with E-state index in [4.69, 9.17) is 5.73 Å². The van der Waals surface area contributed by atoms with Crippen molar-refractivity contribution in [3.05, 3.63) is 11.9 Å². The molecule has 4 nitrogen and oxygen atoms in total. The Morgan fingerprint density at radius 2 is 1.88 bits per heavy atom. The lowest BCUT2D eigenvalue weighted by Crippen LogP contribution is -2.22. The summed E-state index contributed by atoms with van der Waals surface area (Å²) in [6.07, 6.45) is 1.15. The average Bonchev–Trinajstić information content (AvgIpc) is 2.24. The lowest BCUT2D eigenvalue weighted by atomic mass is 10.1. The molecule has 0 aliphatic heterocycles. The maximum Gasteiger partial charge on any atom is 0.135 e. The van der Waals surface area contributed by atoms with Gasteiger partial charge in [-0.05, 0) is 12.3 Å². The summed E-state index contributed by atoms with van der Waals surface area (Å²) in [4.78, 5) is 10.9. The fourth-order valence-electron chi connectivity index (χ4n) is 1.49. The van der Waals surface area contributed by atoms with Gasteiger partial charge in [0, 0.05) is 25.6 Å². The summed E-state index contributed by atoms with van der Waals surface area (Å²) in [6.45, 7) is 9.59. The van der Waals surface area contributed by atoms with Gasteiger partial charge >= 0.3 is 0 Å². The number of nitrogens with zero attached hydrogens (tertiary/aromatic N) is 3. The first-order valence-corrected chi connectivity index (χ1v) is 6.25. The van der Waals surface area contributed by atoms with Gasteiger partial charge in [-0.2, -0.15) is 0 Å². The number of hydrogen-bond acceptors (Lipinski definition) is 4. The molecule has 0 spiro atoms. The van der Waals surface area contributed by atoms with E-state index >= 15 is 0 Å². The van der Waals surface area contributed by atoms with Crippen molar-refractivity contribution < 1.29 is 0 Å². The van der Waals surface area contributed by atoms with Crippen LogP contribution in [0, 0.1) is 5.92 Å². The summed E-state index contributed by atoms with van der Waals surface area (Å²) >= 11 is 0. The zero-order valence-electron chi connectivity index (χ0n) is 11.6. The highest BCUT2D eigenvalue weighted by Gasteiger charge is 2.10. The molecular formula is C13H24N4. The molecule has 0 amide bonds. The summed E-state index contributed by atoms with van der Waals surface area (Å²) in [5, 5.41) is 0. The summed E-state index contributed by atoms with van der Waals surface area (Å²) in [6, 6.07) is 1.84. The van der Waals surface area contributed by atoms with Crippen molar-refractivity contribution in [1.82, 2.24) is 9.97 Å². The molecule has 0 radical (unpaired) electrons. The van der Waals surface area contributed by atoms with Crippen LogP contribution in [-0.4, -0.2) is 23.6 Å². The SMILES string of the molecule is CC(C)CCN(C)c1cc(N)nc(C(C)C)n1. The highest BCUT2D eigenvalue weighted by molar-refractivity contribution is 5.46. The molecule has 1 heterocycles. The summed E-state index contributed by atoms with van der Waals surface area (Å²) < 4.78 is 0. The normalized spacial score (nSPS) is 11.2. The molecule has 0 saturated heterocycles. The topological polar surface area (TPSA) is 55.0 Å². The summed E-state index contributed by atoms with van der Waals surface area (Å²) in [5.74, 6) is 3.28. The Kier molecular flexibility index (Phi) is 4.73. The van der Waals surface area contributed by atoms with Crippen LogP contribution in [0.25, 0.3) is 0 Å². The van der Waals surface area contributed by atoms with Gasteiger partial charge in [0.1, 0.15) is 17.5 Å². The van der Waals surface area contributed by atoms with Crippen LogP contribution in [0.4, 0.5) is 11.6 Å². The van der Waals surface area contributed by atoms with Gasteiger partial charge in [-0.1, -0.05) is 27.7 Å². The molecule has 0 unspecified atom stereocenters. The zero-order chi connectivity index (χ0) is 13.0. The van der Waals surface area contributed by atoms with E-state index in [0.717, 1.165) is 24.6 Å². The van der Waals surface area contributed by atoms with Gasteiger partial charge in [0.25, 0.3) is 0 Å². The second-order valence-electron chi connectivity index (χ2n) is 5.27. The maximum atomic E-state index is 5.81. The van der Waals surface area contributed by atoms with E-state index in [9.17, 15) is 0 Å². The molecule has 1 aromatic heterocycles. The Hall–Kier alpha value is -1.32. The fraction of sp³-hybridized carbons (Fsp3) is 0.692. The zero-order valence-corrected chi connectivity index (χ0v) is 11.6. The van der Waals surface area contributed by atoms with Crippen LogP contribution in [0.2, 0.25) is 0 Å². The molecule has 1 aromatic rings. The minimum atomic E-state index is 0.302. The largest absolute Gasteiger partial charge is 0.384 e. The van der Waals surface area contributed by atoms with E-state index in [1.54, 1.807) is 0 Å². The quantitative estimate of drug-likeness (QED) is 0.854. The average molecular weight is 236 g/mol. The molecule has 0 aromatic carbocycles. The minimum absolute atomic E-state index is 0.302. The van der Waals surface area contributed by atoms with Gasteiger partial charge in [-0.25, -0.2) is 9.97 Å². The van der Waals surface area contributed by atoms with Crippen LogP contribution in [0.5, 0.6) is 0 Å². The number of nitrogen functional groups attached to an aromatic ring is 1. The van der Waals surface area contributed by atoms with Crippen molar-refractivity contribution in [3.8, 4) is 0 Å². The Morgan fingerprint density at radius 1 is 1.24 bits per heavy atom. The van der Waals surface area contributed by atoms with Crippen LogP contribution < -0.4 is 10.6 Å². The number of nitrogens with two attached hydrogens (primary N) is 1. The lowest BCUT2D eigenvalue weighted by Gasteiger charge is -2.20. The smallest absolute Gasteiger partial charge is 0.135 e. The van der Waals surface area contributed by atoms with Crippen molar-refractivity contribution >= 4 is 11.6 Å². The number of anilines is 2.